The molecule has 1 aromatic heterocycles. The van der Waals surface area contributed by atoms with E-state index in [1.165, 1.54) is 32.1 Å². The zero-order valence-electron chi connectivity index (χ0n) is 13.5. The normalized spacial score (nSPS) is 21.8. The highest BCUT2D eigenvalue weighted by molar-refractivity contribution is 5.41. The predicted molar refractivity (Wildman–Crippen MR) is 86.9 cm³/mol. The quantitative estimate of drug-likeness (QED) is 0.847. The Morgan fingerprint density at radius 2 is 2.14 bits per heavy atom. The van der Waals surface area contributed by atoms with Crippen LogP contribution in [0, 0.1) is 5.41 Å². The minimum atomic E-state index is 0.0274. The van der Waals surface area contributed by atoms with Crippen molar-refractivity contribution in [1.29, 1.82) is 0 Å². The summed E-state index contributed by atoms with van der Waals surface area (Å²) >= 11 is 0. The number of hydrogen-bond donors (Lipinski definition) is 1. The van der Waals surface area contributed by atoms with Gasteiger partial charge in [0.25, 0.3) is 5.56 Å². The highest BCUT2D eigenvalue weighted by Gasteiger charge is 2.24. The van der Waals surface area contributed by atoms with E-state index in [9.17, 15) is 4.79 Å². The molecule has 1 N–H and O–H groups in total. The summed E-state index contributed by atoms with van der Waals surface area (Å²) in [6.45, 7) is 5.88. The van der Waals surface area contributed by atoms with Crippen LogP contribution in [0.25, 0.3) is 0 Å². The Kier molecular flexibility index (Phi) is 5.45. The van der Waals surface area contributed by atoms with Crippen LogP contribution in [-0.2, 0) is 11.3 Å². The number of nitrogens with zero attached hydrogens (tertiary/aromatic N) is 1. The molecule has 0 amide bonds. The molecular formula is C17H28N2O2. The molecule has 0 saturated heterocycles. The van der Waals surface area contributed by atoms with E-state index in [2.05, 4.69) is 19.2 Å². The molecule has 21 heavy (non-hydrogen) atoms. The molecule has 1 heterocycles. The van der Waals surface area contributed by atoms with Crippen LogP contribution in [0.4, 0.5) is 5.69 Å². The number of rotatable bonds is 5. The van der Waals surface area contributed by atoms with E-state index in [1.54, 1.807) is 17.7 Å². The molecule has 0 aliphatic heterocycles. The van der Waals surface area contributed by atoms with Gasteiger partial charge in [-0.3, -0.25) is 4.79 Å². The van der Waals surface area contributed by atoms with Crippen LogP contribution < -0.4 is 10.9 Å². The summed E-state index contributed by atoms with van der Waals surface area (Å²) in [5.74, 6) is 0. The molecule has 1 fully saturated rings. The van der Waals surface area contributed by atoms with Gasteiger partial charge in [-0.25, -0.2) is 0 Å². The summed E-state index contributed by atoms with van der Waals surface area (Å²) in [4.78, 5) is 11.8. The Morgan fingerprint density at radius 1 is 1.33 bits per heavy atom. The number of nitrogens with one attached hydrogen (secondary N) is 1. The largest absolute Gasteiger partial charge is 0.383 e. The fraction of sp³-hybridized carbons (Fsp3) is 0.706. The molecule has 0 radical (unpaired) electrons. The van der Waals surface area contributed by atoms with Crippen LogP contribution in [0.1, 0.15) is 46.0 Å². The van der Waals surface area contributed by atoms with Crippen molar-refractivity contribution < 1.29 is 4.74 Å². The summed E-state index contributed by atoms with van der Waals surface area (Å²) in [7, 11) is 1.65. The maximum atomic E-state index is 11.8. The fourth-order valence-electron chi connectivity index (χ4n) is 3.02. The van der Waals surface area contributed by atoms with Gasteiger partial charge in [0.15, 0.2) is 0 Å². The summed E-state index contributed by atoms with van der Waals surface area (Å²) < 4.78 is 6.76. The first-order valence-electron chi connectivity index (χ1n) is 7.96. The zero-order chi connectivity index (χ0) is 15.3. The molecule has 1 unspecified atom stereocenters. The monoisotopic (exact) mass is 292 g/mol. The van der Waals surface area contributed by atoms with Crippen LogP contribution in [0.5, 0.6) is 0 Å². The van der Waals surface area contributed by atoms with Crippen molar-refractivity contribution in [3.63, 3.8) is 0 Å². The maximum absolute atomic E-state index is 11.8. The van der Waals surface area contributed by atoms with Gasteiger partial charge in [-0.2, -0.15) is 0 Å². The van der Waals surface area contributed by atoms with Crippen LogP contribution in [0.15, 0.2) is 23.1 Å². The van der Waals surface area contributed by atoms with E-state index in [1.807, 2.05) is 12.3 Å². The van der Waals surface area contributed by atoms with Crippen LogP contribution >= 0.6 is 0 Å². The van der Waals surface area contributed by atoms with Gasteiger partial charge < -0.3 is 14.6 Å². The van der Waals surface area contributed by atoms with Gasteiger partial charge in [-0.05, 0) is 37.2 Å². The topological polar surface area (TPSA) is 43.3 Å². The lowest BCUT2D eigenvalue weighted by Gasteiger charge is -2.22. The second-order valence-electron chi connectivity index (χ2n) is 6.88. The molecule has 4 nitrogen and oxygen atoms in total. The number of hydrogen-bond acceptors (Lipinski definition) is 3. The number of pyridine rings is 1. The van der Waals surface area contributed by atoms with Crippen molar-refractivity contribution in [2.24, 2.45) is 5.41 Å². The lowest BCUT2D eigenvalue weighted by molar-refractivity contribution is 0.186. The molecule has 4 heteroatoms. The number of methoxy groups -OCH3 is 1. The van der Waals surface area contributed by atoms with Gasteiger partial charge in [0, 0.05) is 32.0 Å². The third-order valence-corrected chi connectivity index (χ3v) is 4.47. The molecular weight excluding hydrogens is 264 g/mol. The highest BCUT2D eigenvalue weighted by atomic mass is 16.5. The fourth-order valence-corrected chi connectivity index (χ4v) is 3.02. The summed E-state index contributed by atoms with van der Waals surface area (Å²) in [5.41, 5.74) is 1.53. The standard InChI is InChI=1S/C17H28N2O2/c1-17(2)9-4-5-14(8-10-17)18-15-6-7-16(20)19(13-15)11-12-21-3/h6-7,13-14,18H,4-5,8-12H2,1-3H3. The van der Waals surface area contributed by atoms with E-state index in [4.69, 9.17) is 4.74 Å². The number of anilines is 1. The van der Waals surface area contributed by atoms with Gasteiger partial charge in [0.2, 0.25) is 0 Å². The van der Waals surface area contributed by atoms with Crippen molar-refractivity contribution in [1.82, 2.24) is 4.57 Å². The molecule has 1 aromatic rings. The molecule has 0 aromatic carbocycles. The van der Waals surface area contributed by atoms with E-state index in [-0.39, 0.29) is 5.56 Å². The van der Waals surface area contributed by atoms with Gasteiger partial charge >= 0.3 is 0 Å². The van der Waals surface area contributed by atoms with E-state index in [0.29, 0.717) is 24.6 Å². The average Bonchev–Trinajstić information content (AvgIpc) is 2.61. The van der Waals surface area contributed by atoms with E-state index < -0.39 is 0 Å². The van der Waals surface area contributed by atoms with Gasteiger partial charge in [-0.15, -0.1) is 0 Å². The molecule has 1 aliphatic carbocycles. The number of ether oxygens (including phenoxy) is 1. The highest BCUT2D eigenvalue weighted by Crippen LogP contribution is 2.34. The Morgan fingerprint density at radius 3 is 2.90 bits per heavy atom. The molecule has 2 rings (SSSR count). The Bertz CT molecular complexity index is 508. The second-order valence-corrected chi connectivity index (χ2v) is 6.88. The van der Waals surface area contributed by atoms with Crippen molar-refractivity contribution >= 4 is 5.69 Å². The number of aromatic nitrogens is 1. The van der Waals surface area contributed by atoms with Crippen LogP contribution in [0.2, 0.25) is 0 Å². The van der Waals surface area contributed by atoms with Gasteiger partial charge in [0.05, 0.1) is 12.3 Å². The molecule has 0 spiro atoms. The lowest BCUT2D eigenvalue weighted by Crippen LogP contribution is -2.24. The molecule has 1 atom stereocenters. The average molecular weight is 292 g/mol. The maximum Gasteiger partial charge on any atom is 0.250 e. The smallest absolute Gasteiger partial charge is 0.250 e. The SMILES string of the molecule is COCCn1cc(NC2CCCC(C)(C)CC2)ccc1=O. The first kappa shape index (κ1) is 16.1. The molecule has 1 saturated carbocycles. The Labute approximate surface area is 127 Å². The Balaban J connectivity index is 2.00. The summed E-state index contributed by atoms with van der Waals surface area (Å²) in [5, 5.41) is 3.60. The van der Waals surface area contributed by atoms with Gasteiger partial charge in [0.1, 0.15) is 0 Å². The third kappa shape index (κ3) is 4.88. The van der Waals surface area contributed by atoms with Crippen molar-refractivity contribution in [2.45, 2.75) is 58.5 Å². The first-order valence-corrected chi connectivity index (χ1v) is 7.96. The third-order valence-electron chi connectivity index (χ3n) is 4.47. The zero-order valence-corrected chi connectivity index (χ0v) is 13.5. The van der Waals surface area contributed by atoms with Gasteiger partial charge in [-0.1, -0.05) is 20.3 Å². The summed E-state index contributed by atoms with van der Waals surface area (Å²) in [6.07, 6.45) is 8.16. The molecule has 118 valence electrons. The van der Waals surface area contributed by atoms with Crippen molar-refractivity contribution in [2.75, 3.05) is 19.0 Å². The predicted octanol–water partition coefficient (Wildman–Crippen LogP) is 3.27. The van der Waals surface area contributed by atoms with Crippen molar-refractivity contribution in [3.05, 3.63) is 28.7 Å². The molecule has 1 aliphatic rings. The van der Waals surface area contributed by atoms with E-state index >= 15 is 0 Å². The van der Waals surface area contributed by atoms with E-state index in [0.717, 1.165) is 5.69 Å². The minimum absolute atomic E-state index is 0.0274. The second kappa shape index (κ2) is 7.12. The molecule has 0 bridgehead atoms. The first-order chi connectivity index (χ1) is 10.00. The van der Waals surface area contributed by atoms with Crippen LogP contribution in [0.3, 0.4) is 0 Å². The minimum Gasteiger partial charge on any atom is -0.383 e. The summed E-state index contributed by atoms with van der Waals surface area (Å²) in [6, 6.07) is 4.04. The lowest BCUT2D eigenvalue weighted by atomic mass is 9.85. The van der Waals surface area contributed by atoms with Crippen LogP contribution in [-0.4, -0.2) is 24.3 Å². The Hall–Kier alpha value is -1.29. The van der Waals surface area contributed by atoms with Crippen molar-refractivity contribution in [3.8, 4) is 0 Å².